The summed E-state index contributed by atoms with van der Waals surface area (Å²) in [5.74, 6) is -0.363. The molecule has 1 saturated heterocycles. The smallest absolute Gasteiger partial charge is 0.337 e. The van der Waals surface area contributed by atoms with E-state index in [1.807, 2.05) is 4.90 Å². The number of likely N-dealkylation sites (tertiary alicyclic amines) is 1. The lowest BCUT2D eigenvalue weighted by Crippen LogP contribution is -2.41. The van der Waals surface area contributed by atoms with Crippen molar-refractivity contribution in [2.45, 2.75) is 12.8 Å². The molecular weight excluding hydrogens is 408 g/mol. The summed E-state index contributed by atoms with van der Waals surface area (Å²) in [5, 5.41) is 6.11. The van der Waals surface area contributed by atoms with Gasteiger partial charge in [0.2, 0.25) is 11.8 Å². The Morgan fingerprint density at radius 2 is 1.93 bits per heavy atom. The van der Waals surface area contributed by atoms with Crippen LogP contribution in [0.1, 0.15) is 23.2 Å². The Morgan fingerprint density at radius 1 is 1.17 bits per heavy atom. The monoisotopic (exact) mass is 430 g/mol. The zero-order chi connectivity index (χ0) is 21.5. The first kappa shape index (κ1) is 21.7. The van der Waals surface area contributed by atoms with Crippen LogP contribution >= 0.6 is 11.6 Å². The van der Waals surface area contributed by atoms with Crippen LogP contribution in [-0.4, -0.2) is 54.4 Å². The molecule has 2 heterocycles. The lowest BCUT2D eigenvalue weighted by Gasteiger charge is -2.30. The maximum atomic E-state index is 12.4. The number of carbonyl (C=O) groups excluding carboxylic acids is 3. The highest BCUT2D eigenvalue weighted by molar-refractivity contribution is 6.30. The number of hydrogen-bond acceptors (Lipinski definition) is 6. The number of aromatic nitrogens is 1. The van der Waals surface area contributed by atoms with E-state index < -0.39 is 5.97 Å². The molecule has 3 rings (SSSR count). The van der Waals surface area contributed by atoms with Crippen molar-refractivity contribution in [1.29, 1.82) is 0 Å². The molecule has 0 spiro atoms. The van der Waals surface area contributed by atoms with Crippen LogP contribution in [0.15, 0.2) is 42.6 Å². The molecule has 1 fully saturated rings. The van der Waals surface area contributed by atoms with Crippen LogP contribution in [-0.2, 0) is 14.3 Å². The second-order valence-electron chi connectivity index (χ2n) is 7.02. The number of piperidine rings is 1. The van der Waals surface area contributed by atoms with Crippen molar-refractivity contribution in [2.24, 2.45) is 5.92 Å². The van der Waals surface area contributed by atoms with Crippen LogP contribution in [0.25, 0.3) is 0 Å². The number of methoxy groups -OCH3 is 1. The molecule has 158 valence electrons. The van der Waals surface area contributed by atoms with E-state index in [0.29, 0.717) is 48.0 Å². The zero-order valence-corrected chi connectivity index (χ0v) is 17.3. The van der Waals surface area contributed by atoms with Crippen molar-refractivity contribution in [3.8, 4) is 0 Å². The summed E-state index contributed by atoms with van der Waals surface area (Å²) in [4.78, 5) is 42.4. The average Bonchev–Trinajstić information content (AvgIpc) is 2.75. The van der Waals surface area contributed by atoms with E-state index in [1.54, 1.807) is 36.4 Å². The Hall–Kier alpha value is -2.97. The Morgan fingerprint density at radius 3 is 2.60 bits per heavy atom. The van der Waals surface area contributed by atoms with Gasteiger partial charge in [0.15, 0.2) is 0 Å². The lowest BCUT2D eigenvalue weighted by molar-refractivity contribution is -0.121. The fourth-order valence-electron chi connectivity index (χ4n) is 3.28. The van der Waals surface area contributed by atoms with Gasteiger partial charge in [-0.1, -0.05) is 17.7 Å². The molecule has 2 aromatic rings. The topological polar surface area (TPSA) is 101 Å². The number of nitrogens with zero attached hydrogens (tertiary/aromatic N) is 2. The summed E-state index contributed by atoms with van der Waals surface area (Å²) in [5.41, 5.74) is 0.907. The molecule has 0 unspecified atom stereocenters. The van der Waals surface area contributed by atoms with E-state index in [-0.39, 0.29) is 24.3 Å². The first-order chi connectivity index (χ1) is 14.4. The normalized spacial score (nSPS) is 14.7. The molecule has 1 aliphatic heterocycles. The van der Waals surface area contributed by atoms with Crippen molar-refractivity contribution in [1.82, 2.24) is 9.88 Å². The van der Waals surface area contributed by atoms with Gasteiger partial charge in [-0.15, -0.1) is 0 Å². The van der Waals surface area contributed by atoms with Crippen molar-refractivity contribution in [2.75, 3.05) is 37.4 Å². The third kappa shape index (κ3) is 6.01. The Labute approximate surface area is 179 Å². The van der Waals surface area contributed by atoms with E-state index in [9.17, 15) is 14.4 Å². The first-order valence-electron chi connectivity index (χ1n) is 9.57. The molecule has 0 bridgehead atoms. The van der Waals surface area contributed by atoms with E-state index >= 15 is 0 Å². The molecule has 1 aromatic carbocycles. The Balaban J connectivity index is 1.45. The van der Waals surface area contributed by atoms with Crippen LogP contribution in [0.3, 0.4) is 0 Å². The summed E-state index contributed by atoms with van der Waals surface area (Å²) >= 11 is 5.80. The lowest BCUT2D eigenvalue weighted by atomic mass is 9.96. The molecule has 2 amide bonds. The number of pyridine rings is 1. The molecule has 1 aliphatic rings. The third-order valence-electron chi connectivity index (χ3n) is 4.87. The fourth-order valence-corrected chi connectivity index (χ4v) is 3.39. The highest BCUT2D eigenvalue weighted by atomic mass is 35.5. The number of ether oxygens (including phenoxy) is 1. The van der Waals surface area contributed by atoms with Gasteiger partial charge in [0.05, 0.1) is 24.2 Å². The van der Waals surface area contributed by atoms with Gasteiger partial charge in [-0.2, -0.15) is 0 Å². The minimum atomic E-state index is -0.458. The first-order valence-corrected chi connectivity index (χ1v) is 9.95. The Kier molecular flexibility index (Phi) is 7.37. The number of nitrogens with one attached hydrogen (secondary N) is 2. The Bertz CT molecular complexity index is 911. The number of halogens is 1. The predicted molar refractivity (Wildman–Crippen MR) is 113 cm³/mol. The molecule has 1 aromatic heterocycles. The maximum absolute atomic E-state index is 12.4. The third-order valence-corrected chi connectivity index (χ3v) is 5.10. The molecule has 0 aliphatic carbocycles. The number of hydrogen-bond donors (Lipinski definition) is 2. The van der Waals surface area contributed by atoms with Crippen LogP contribution in [0, 0.1) is 5.92 Å². The van der Waals surface area contributed by atoms with Gasteiger partial charge in [-0.25, -0.2) is 9.78 Å². The summed E-state index contributed by atoms with van der Waals surface area (Å²) in [7, 11) is 1.31. The van der Waals surface area contributed by atoms with Crippen LogP contribution < -0.4 is 10.6 Å². The SMILES string of the molecule is COC(=O)c1cccc(NC(=O)CN2CCC(C(=O)Nc3ccc(Cl)cn3)CC2)c1. The highest BCUT2D eigenvalue weighted by Crippen LogP contribution is 2.20. The van der Waals surface area contributed by atoms with Crippen LogP contribution in [0.4, 0.5) is 11.5 Å². The molecule has 0 saturated carbocycles. The van der Waals surface area contributed by atoms with E-state index in [4.69, 9.17) is 11.6 Å². The van der Waals surface area contributed by atoms with Crippen molar-refractivity contribution < 1.29 is 19.1 Å². The molecule has 9 heteroatoms. The predicted octanol–water partition coefficient (Wildman–Crippen LogP) is 2.81. The number of amides is 2. The van der Waals surface area contributed by atoms with Gasteiger partial charge in [-0.3, -0.25) is 14.5 Å². The van der Waals surface area contributed by atoms with E-state index in [0.717, 1.165) is 0 Å². The molecular formula is C21H23ClN4O4. The summed E-state index contributed by atoms with van der Waals surface area (Å²) in [6.07, 6.45) is 2.80. The minimum Gasteiger partial charge on any atom is -0.465 e. The van der Waals surface area contributed by atoms with Gasteiger partial charge in [0, 0.05) is 17.8 Å². The number of esters is 1. The van der Waals surface area contributed by atoms with Gasteiger partial charge < -0.3 is 15.4 Å². The minimum absolute atomic E-state index is 0.0754. The van der Waals surface area contributed by atoms with Crippen molar-refractivity contribution in [3.05, 3.63) is 53.2 Å². The van der Waals surface area contributed by atoms with Crippen molar-refractivity contribution >= 4 is 40.9 Å². The van der Waals surface area contributed by atoms with Gasteiger partial charge in [0.1, 0.15) is 5.82 Å². The van der Waals surface area contributed by atoms with Gasteiger partial charge >= 0.3 is 5.97 Å². The second-order valence-corrected chi connectivity index (χ2v) is 7.46. The second kappa shape index (κ2) is 10.2. The van der Waals surface area contributed by atoms with E-state index in [1.165, 1.54) is 13.3 Å². The fraction of sp³-hybridized carbons (Fsp3) is 0.333. The largest absolute Gasteiger partial charge is 0.465 e. The highest BCUT2D eigenvalue weighted by Gasteiger charge is 2.26. The summed E-state index contributed by atoms with van der Waals surface area (Å²) < 4.78 is 4.69. The maximum Gasteiger partial charge on any atom is 0.337 e. The molecule has 2 N–H and O–H groups in total. The van der Waals surface area contributed by atoms with Crippen LogP contribution in [0.2, 0.25) is 5.02 Å². The van der Waals surface area contributed by atoms with E-state index in [2.05, 4.69) is 20.4 Å². The number of rotatable bonds is 6. The van der Waals surface area contributed by atoms with Gasteiger partial charge in [0.25, 0.3) is 0 Å². The quantitative estimate of drug-likeness (QED) is 0.683. The van der Waals surface area contributed by atoms with Crippen molar-refractivity contribution in [3.63, 3.8) is 0 Å². The molecule has 0 radical (unpaired) electrons. The molecule has 0 atom stereocenters. The number of anilines is 2. The summed E-state index contributed by atoms with van der Waals surface area (Å²) in [6, 6.07) is 9.93. The zero-order valence-electron chi connectivity index (χ0n) is 16.6. The number of benzene rings is 1. The summed E-state index contributed by atoms with van der Waals surface area (Å²) in [6.45, 7) is 1.50. The standard InChI is InChI=1S/C21H23ClN4O4/c1-30-21(29)15-3-2-4-17(11-15)24-19(27)13-26-9-7-14(8-10-26)20(28)25-18-6-5-16(22)12-23-18/h2-6,11-12,14H,7-10,13H2,1H3,(H,24,27)(H,23,25,28). The molecule has 8 nitrogen and oxygen atoms in total. The number of carbonyl (C=O) groups is 3. The molecule has 30 heavy (non-hydrogen) atoms. The van der Waals surface area contributed by atoms with Crippen LogP contribution in [0.5, 0.6) is 0 Å². The average molecular weight is 431 g/mol. The van der Waals surface area contributed by atoms with Gasteiger partial charge in [-0.05, 0) is 56.3 Å².